The van der Waals surface area contributed by atoms with Gasteiger partial charge in [-0.3, -0.25) is 9.59 Å². The van der Waals surface area contributed by atoms with Crippen molar-refractivity contribution in [2.75, 3.05) is 31.8 Å². The zero-order valence-electron chi connectivity index (χ0n) is 16.6. The van der Waals surface area contributed by atoms with Crippen LogP contribution >= 0.6 is 0 Å². The Hall–Kier alpha value is -3.22. The molecule has 0 aromatic heterocycles. The van der Waals surface area contributed by atoms with Crippen molar-refractivity contribution >= 4 is 17.5 Å². The van der Waals surface area contributed by atoms with Crippen molar-refractivity contribution in [1.82, 2.24) is 4.90 Å². The molecule has 7 heteroatoms. The largest absolute Gasteiger partial charge is 0.491 e. The molecular formula is C23H24N2O5. The van der Waals surface area contributed by atoms with E-state index in [1.165, 1.54) is 0 Å². The molecule has 0 unspecified atom stereocenters. The summed E-state index contributed by atoms with van der Waals surface area (Å²) in [5.74, 6) is 2.40. The number of hydrogen-bond donors (Lipinski definition) is 1. The maximum absolute atomic E-state index is 13.1. The van der Waals surface area contributed by atoms with E-state index in [0.29, 0.717) is 48.9 Å². The first-order chi connectivity index (χ1) is 14.7. The number of carbonyl (C=O) groups is 2. The summed E-state index contributed by atoms with van der Waals surface area (Å²) in [6.45, 7) is 2.00. The fourth-order valence-electron chi connectivity index (χ4n) is 4.53. The van der Waals surface area contributed by atoms with Gasteiger partial charge >= 0.3 is 0 Å². The summed E-state index contributed by atoms with van der Waals surface area (Å²) in [5, 5.41) is 2.98. The van der Waals surface area contributed by atoms with E-state index in [1.807, 2.05) is 29.2 Å². The number of ether oxygens (including phenoxy) is 3. The van der Waals surface area contributed by atoms with Gasteiger partial charge in [0.2, 0.25) is 12.7 Å². The molecule has 3 aliphatic rings. The molecule has 5 rings (SSSR count). The summed E-state index contributed by atoms with van der Waals surface area (Å²) in [6.07, 6.45) is 2.07. The summed E-state index contributed by atoms with van der Waals surface area (Å²) in [7, 11) is 0. The molecule has 2 aromatic rings. The topological polar surface area (TPSA) is 77.1 Å². The zero-order chi connectivity index (χ0) is 20.5. The Morgan fingerprint density at radius 1 is 0.967 bits per heavy atom. The molecule has 3 heterocycles. The van der Waals surface area contributed by atoms with Gasteiger partial charge in [0.1, 0.15) is 5.75 Å². The minimum atomic E-state index is -0.0143. The highest BCUT2D eigenvalue weighted by molar-refractivity contribution is 5.95. The Morgan fingerprint density at radius 3 is 2.77 bits per heavy atom. The van der Waals surface area contributed by atoms with Crippen LogP contribution in [-0.4, -0.2) is 43.2 Å². The number of nitrogens with one attached hydrogen (secondary N) is 1. The Kier molecular flexibility index (Phi) is 4.94. The Morgan fingerprint density at radius 2 is 1.83 bits per heavy atom. The number of carbonyl (C=O) groups excluding carboxylic acids is 2. The third-order valence-electron chi connectivity index (χ3n) is 6.15. The van der Waals surface area contributed by atoms with Crippen LogP contribution in [0.1, 0.15) is 29.6 Å². The van der Waals surface area contributed by atoms with E-state index in [1.54, 1.807) is 18.2 Å². The summed E-state index contributed by atoms with van der Waals surface area (Å²) in [5.41, 5.74) is 1.32. The van der Waals surface area contributed by atoms with E-state index in [9.17, 15) is 9.59 Å². The molecule has 3 aliphatic heterocycles. The predicted octanol–water partition coefficient (Wildman–Crippen LogP) is 3.30. The predicted molar refractivity (Wildman–Crippen MR) is 110 cm³/mol. The van der Waals surface area contributed by atoms with Crippen molar-refractivity contribution in [3.8, 4) is 17.2 Å². The molecule has 2 amide bonds. The highest BCUT2D eigenvalue weighted by atomic mass is 16.7. The number of rotatable bonds is 1. The van der Waals surface area contributed by atoms with Gasteiger partial charge in [0.05, 0.1) is 12.3 Å². The first-order valence-corrected chi connectivity index (χ1v) is 10.4. The van der Waals surface area contributed by atoms with Crippen molar-refractivity contribution in [3.63, 3.8) is 0 Å². The van der Waals surface area contributed by atoms with E-state index in [2.05, 4.69) is 5.32 Å². The molecule has 0 bridgehead atoms. The summed E-state index contributed by atoms with van der Waals surface area (Å²) < 4.78 is 16.7. The molecular weight excluding hydrogens is 384 g/mol. The monoisotopic (exact) mass is 408 g/mol. The van der Waals surface area contributed by atoms with E-state index in [0.717, 1.165) is 18.5 Å². The number of amides is 2. The second kappa shape index (κ2) is 7.89. The highest BCUT2D eigenvalue weighted by Crippen LogP contribution is 2.35. The van der Waals surface area contributed by atoms with Crippen LogP contribution in [-0.2, 0) is 4.79 Å². The molecule has 0 radical (unpaired) electrons. The number of anilines is 1. The highest BCUT2D eigenvalue weighted by Gasteiger charge is 2.34. The van der Waals surface area contributed by atoms with E-state index < -0.39 is 0 Å². The van der Waals surface area contributed by atoms with Crippen LogP contribution < -0.4 is 19.5 Å². The lowest BCUT2D eigenvalue weighted by Crippen LogP contribution is -2.45. The first kappa shape index (κ1) is 18.8. The van der Waals surface area contributed by atoms with Crippen LogP contribution in [0.15, 0.2) is 42.5 Å². The fraction of sp³-hybridized carbons (Fsp3) is 0.391. The van der Waals surface area contributed by atoms with Gasteiger partial charge in [-0.2, -0.15) is 0 Å². The average Bonchev–Trinajstić information content (AvgIpc) is 3.23. The SMILES string of the molecule is O=C1C[C@@H]2CCN(C(=O)c3ccc4c(c3)OCO4)C[C@@H]2CCOc2ccccc2N1. The Labute approximate surface area is 174 Å². The number of nitrogens with zero attached hydrogens (tertiary/aromatic N) is 1. The minimum Gasteiger partial charge on any atom is -0.491 e. The third-order valence-corrected chi connectivity index (χ3v) is 6.15. The standard InChI is InChI=1S/C23H24N2O5/c26-22-12-15-7-9-25(23(27)16-5-6-20-21(11-16)30-14-29-20)13-17(15)8-10-28-19-4-2-1-3-18(19)24-22/h1-6,11,15,17H,7-10,12-14H2,(H,24,26)/t15-,17-/m0/s1. The van der Waals surface area contributed by atoms with Crippen molar-refractivity contribution in [2.45, 2.75) is 19.3 Å². The second-order valence-electron chi connectivity index (χ2n) is 8.01. The lowest BCUT2D eigenvalue weighted by atomic mass is 9.80. The Balaban J connectivity index is 1.30. The van der Waals surface area contributed by atoms with Crippen LogP contribution in [0.25, 0.3) is 0 Å². The zero-order valence-corrected chi connectivity index (χ0v) is 16.6. The number of likely N-dealkylation sites (tertiary alicyclic amines) is 1. The molecule has 7 nitrogen and oxygen atoms in total. The molecule has 1 N–H and O–H groups in total. The fourth-order valence-corrected chi connectivity index (χ4v) is 4.53. The van der Waals surface area contributed by atoms with Gasteiger partial charge in [0, 0.05) is 25.1 Å². The molecule has 0 spiro atoms. The number of piperidine rings is 1. The molecule has 0 aliphatic carbocycles. The second-order valence-corrected chi connectivity index (χ2v) is 8.01. The van der Waals surface area contributed by atoms with Gasteiger partial charge in [-0.25, -0.2) is 0 Å². The minimum absolute atomic E-state index is 0.00139. The van der Waals surface area contributed by atoms with Crippen LogP contribution in [0.4, 0.5) is 5.69 Å². The van der Waals surface area contributed by atoms with E-state index >= 15 is 0 Å². The van der Waals surface area contributed by atoms with Crippen LogP contribution in [0.3, 0.4) is 0 Å². The van der Waals surface area contributed by atoms with Gasteiger partial charge in [-0.15, -0.1) is 0 Å². The molecule has 156 valence electrons. The molecule has 1 fully saturated rings. The van der Waals surface area contributed by atoms with Crippen molar-refractivity contribution < 1.29 is 23.8 Å². The molecule has 2 atom stereocenters. The van der Waals surface area contributed by atoms with Crippen LogP contribution in [0.2, 0.25) is 0 Å². The van der Waals surface area contributed by atoms with Gasteiger partial charge in [0.25, 0.3) is 5.91 Å². The molecule has 30 heavy (non-hydrogen) atoms. The summed E-state index contributed by atoms with van der Waals surface area (Å²) in [6, 6.07) is 12.8. The smallest absolute Gasteiger partial charge is 0.254 e. The van der Waals surface area contributed by atoms with E-state index in [4.69, 9.17) is 14.2 Å². The van der Waals surface area contributed by atoms with Crippen molar-refractivity contribution in [1.29, 1.82) is 0 Å². The van der Waals surface area contributed by atoms with Gasteiger partial charge in [-0.1, -0.05) is 12.1 Å². The lowest BCUT2D eigenvalue weighted by Gasteiger charge is -2.39. The summed E-state index contributed by atoms with van der Waals surface area (Å²) in [4.78, 5) is 27.6. The number of para-hydroxylation sites is 2. The van der Waals surface area contributed by atoms with Crippen LogP contribution in [0, 0.1) is 11.8 Å². The maximum atomic E-state index is 13.1. The number of benzene rings is 2. The van der Waals surface area contributed by atoms with Gasteiger partial charge < -0.3 is 24.4 Å². The normalized spacial score (nSPS) is 22.9. The molecule has 2 aromatic carbocycles. The molecule has 1 saturated heterocycles. The van der Waals surface area contributed by atoms with E-state index in [-0.39, 0.29) is 30.4 Å². The lowest BCUT2D eigenvalue weighted by molar-refractivity contribution is -0.118. The van der Waals surface area contributed by atoms with Gasteiger partial charge in [-0.05, 0) is 55.0 Å². The Bertz CT molecular complexity index is 976. The van der Waals surface area contributed by atoms with Crippen molar-refractivity contribution in [2.24, 2.45) is 11.8 Å². The molecule has 0 saturated carbocycles. The summed E-state index contributed by atoms with van der Waals surface area (Å²) >= 11 is 0. The quantitative estimate of drug-likeness (QED) is 0.784. The van der Waals surface area contributed by atoms with Gasteiger partial charge in [0.15, 0.2) is 11.5 Å². The van der Waals surface area contributed by atoms with Crippen LogP contribution in [0.5, 0.6) is 17.2 Å². The maximum Gasteiger partial charge on any atom is 0.254 e. The number of hydrogen-bond acceptors (Lipinski definition) is 5. The number of fused-ring (bicyclic) bond motifs is 3. The van der Waals surface area contributed by atoms with Crippen molar-refractivity contribution in [3.05, 3.63) is 48.0 Å². The average molecular weight is 408 g/mol. The first-order valence-electron chi connectivity index (χ1n) is 10.4. The third kappa shape index (κ3) is 3.67.